The van der Waals surface area contributed by atoms with Crippen molar-refractivity contribution in [3.63, 3.8) is 0 Å². The molecule has 1 atom stereocenters. The number of aromatic nitrogens is 2. The highest BCUT2D eigenvalue weighted by molar-refractivity contribution is 5.97. The first-order valence-electron chi connectivity index (χ1n) is 10.7. The van der Waals surface area contributed by atoms with E-state index in [1.54, 1.807) is 0 Å². The van der Waals surface area contributed by atoms with Gasteiger partial charge >= 0.3 is 0 Å². The van der Waals surface area contributed by atoms with E-state index in [4.69, 9.17) is 9.72 Å². The van der Waals surface area contributed by atoms with Crippen LogP contribution in [0, 0.1) is 0 Å². The highest BCUT2D eigenvalue weighted by Crippen LogP contribution is 2.37. The van der Waals surface area contributed by atoms with Gasteiger partial charge in [0.25, 0.3) is 0 Å². The van der Waals surface area contributed by atoms with Crippen LogP contribution in [0.1, 0.15) is 31.5 Å². The van der Waals surface area contributed by atoms with E-state index in [1.807, 2.05) is 42.2 Å². The summed E-state index contributed by atoms with van der Waals surface area (Å²) < 4.78 is 8.08. The Morgan fingerprint density at radius 2 is 1.90 bits per heavy atom. The van der Waals surface area contributed by atoms with Crippen LogP contribution in [0.3, 0.4) is 0 Å². The standard InChI is InChI=1S/C24H30N4O2/c1-4-30-22-13-8-7-12-21(22)28-17-18(16-23(28)29)24-25-19-10-5-6-11-20(19)27(24)15-9-14-26(2)3/h5-8,10-13,18H,4,9,14-17H2,1-3H3. The number of para-hydroxylation sites is 4. The summed E-state index contributed by atoms with van der Waals surface area (Å²) in [5.74, 6) is 1.96. The number of aryl methyl sites for hydroxylation is 1. The van der Waals surface area contributed by atoms with Crippen molar-refractivity contribution in [1.29, 1.82) is 0 Å². The molecule has 0 bridgehead atoms. The van der Waals surface area contributed by atoms with Crippen molar-refractivity contribution in [3.05, 3.63) is 54.4 Å². The summed E-state index contributed by atoms with van der Waals surface area (Å²) in [5.41, 5.74) is 2.99. The number of anilines is 1. The first-order chi connectivity index (χ1) is 14.6. The summed E-state index contributed by atoms with van der Waals surface area (Å²) in [5, 5.41) is 0. The van der Waals surface area contributed by atoms with E-state index in [9.17, 15) is 4.79 Å². The molecule has 1 unspecified atom stereocenters. The lowest BCUT2D eigenvalue weighted by Crippen LogP contribution is -2.25. The summed E-state index contributed by atoms with van der Waals surface area (Å²) in [6, 6.07) is 16.0. The third kappa shape index (κ3) is 4.05. The van der Waals surface area contributed by atoms with E-state index in [2.05, 4.69) is 41.8 Å². The molecule has 158 valence electrons. The predicted octanol–water partition coefficient (Wildman–Crippen LogP) is 3.91. The van der Waals surface area contributed by atoms with Gasteiger partial charge in [0.1, 0.15) is 11.6 Å². The van der Waals surface area contributed by atoms with Crippen LogP contribution in [0.25, 0.3) is 11.0 Å². The molecule has 30 heavy (non-hydrogen) atoms. The van der Waals surface area contributed by atoms with Crippen molar-refractivity contribution in [2.45, 2.75) is 32.2 Å². The lowest BCUT2D eigenvalue weighted by Gasteiger charge is -2.20. The molecule has 4 rings (SSSR count). The Balaban J connectivity index is 1.64. The Morgan fingerprint density at radius 3 is 2.70 bits per heavy atom. The molecule has 0 saturated carbocycles. The molecule has 0 radical (unpaired) electrons. The number of carbonyl (C=O) groups excluding carboxylic acids is 1. The second-order valence-corrected chi connectivity index (χ2v) is 8.07. The van der Waals surface area contributed by atoms with Crippen molar-refractivity contribution < 1.29 is 9.53 Å². The molecule has 1 aromatic heterocycles. The molecule has 6 heteroatoms. The third-order valence-corrected chi connectivity index (χ3v) is 5.62. The van der Waals surface area contributed by atoms with Crippen LogP contribution < -0.4 is 9.64 Å². The van der Waals surface area contributed by atoms with Gasteiger partial charge < -0.3 is 19.1 Å². The average molecular weight is 407 g/mol. The first kappa shape index (κ1) is 20.4. The predicted molar refractivity (Wildman–Crippen MR) is 120 cm³/mol. The molecule has 2 aromatic carbocycles. The number of fused-ring (bicyclic) bond motifs is 1. The van der Waals surface area contributed by atoms with E-state index < -0.39 is 0 Å². The van der Waals surface area contributed by atoms with Gasteiger partial charge in [0.15, 0.2) is 0 Å². The SMILES string of the molecule is CCOc1ccccc1N1CC(c2nc3ccccc3n2CCCN(C)C)CC1=O. The molecule has 1 aliphatic heterocycles. The number of ether oxygens (including phenoxy) is 1. The van der Waals surface area contributed by atoms with Gasteiger partial charge in [-0.25, -0.2) is 4.98 Å². The van der Waals surface area contributed by atoms with Gasteiger partial charge in [-0.2, -0.15) is 0 Å². The summed E-state index contributed by atoms with van der Waals surface area (Å²) in [6.07, 6.45) is 1.51. The number of imidazole rings is 1. The summed E-state index contributed by atoms with van der Waals surface area (Å²) in [6.45, 7) is 5.07. The van der Waals surface area contributed by atoms with Crippen LogP contribution in [0.5, 0.6) is 5.75 Å². The van der Waals surface area contributed by atoms with E-state index in [0.29, 0.717) is 19.6 Å². The maximum atomic E-state index is 13.0. The minimum atomic E-state index is 0.0685. The van der Waals surface area contributed by atoms with Gasteiger partial charge in [-0.05, 0) is 58.3 Å². The van der Waals surface area contributed by atoms with Gasteiger partial charge in [0.2, 0.25) is 5.91 Å². The van der Waals surface area contributed by atoms with E-state index in [0.717, 1.165) is 47.8 Å². The number of hydrogen-bond donors (Lipinski definition) is 0. The van der Waals surface area contributed by atoms with Gasteiger partial charge in [-0.15, -0.1) is 0 Å². The van der Waals surface area contributed by atoms with Crippen LogP contribution in [-0.4, -0.2) is 54.1 Å². The summed E-state index contributed by atoms with van der Waals surface area (Å²) in [4.78, 5) is 22.0. The molecule has 1 saturated heterocycles. The fourth-order valence-electron chi connectivity index (χ4n) is 4.26. The Hall–Kier alpha value is -2.86. The zero-order valence-electron chi connectivity index (χ0n) is 18.0. The molecule has 0 N–H and O–H groups in total. The van der Waals surface area contributed by atoms with E-state index in [-0.39, 0.29) is 11.8 Å². The summed E-state index contributed by atoms with van der Waals surface area (Å²) in [7, 11) is 4.19. The number of benzene rings is 2. The Labute approximate surface area is 178 Å². The lowest BCUT2D eigenvalue weighted by molar-refractivity contribution is -0.117. The lowest BCUT2D eigenvalue weighted by atomic mass is 10.1. The maximum Gasteiger partial charge on any atom is 0.227 e. The average Bonchev–Trinajstić information content (AvgIpc) is 3.29. The van der Waals surface area contributed by atoms with Gasteiger partial charge in [-0.3, -0.25) is 4.79 Å². The third-order valence-electron chi connectivity index (χ3n) is 5.62. The Kier molecular flexibility index (Phi) is 6.04. The van der Waals surface area contributed by atoms with Crippen molar-refractivity contribution in [3.8, 4) is 5.75 Å². The normalized spacial score (nSPS) is 16.7. The summed E-state index contributed by atoms with van der Waals surface area (Å²) >= 11 is 0. The van der Waals surface area contributed by atoms with Crippen LogP contribution in [0.2, 0.25) is 0 Å². The molecule has 1 fully saturated rings. The highest BCUT2D eigenvalue weighted by Gasteiger charge is 2.35. The largest absolute Gasteiger partial charge is 0.492 e. The van der Waals surface area contributed by atoms with Gasteiger partial charge in [0.05, 0.1) is 23.3 Å². The molecule has 0 spiro atoms. The number of nitrogens with zero attached hydrogens (tertiary/aromatic N) is 4. The monoisotopic (exact) mass is 406 g/mol. The minimum absolute atomic E-state index is 0.0685. The molecular weight excluding hydrogens is 376 g/mol. The number of carbonyl (C=O) groups is 1. The Morgan fingerprint density at radius 1 is 1.13 bits per heavy atom. The smallest absolute Gasteiger partial charge is 0.227 e. The van der Waals surface area contributed by atoms with Crippen molar-refractivity contribution in [2.75, 3.05) is 38.7 Å². The van der Waals surface area contributed by atoms with Crippen molar-refractivity contribution >= 4 is 22.6 Å². The van der Waals surface area contributed by atoms with Crippen LogP contribution in [0.4, 0.5) is 5.69 Å². The van der Waals surface area contributed by atoms with Crippen molar-refractivity contribution in [2.24, 2.45) is 0 Å². The van der Waals surface area contributed by atoms with Gasteiger partial charge in [-0.1, -0.05) is 24.3 Å². The van der Waals surface area contributed by atoms with Crippen LogP contribution in [-0.2, 0) is 11.3 Å². The maximum absolute atomic E-state index is 13.0. The number of rotatable bonds is 8. The van der Waals surface area contributed by atoms with Crippen LogP contribution in [0.15, 0.2) is 48.5 Å². The molecular formula is C24H30N4O2. The quantitative estimate of drug-likeness (QED) is 0.569. The molecule has 2 heterocycles. The first-order valence-corrected chi connectivity index (χ1v) is 10.7. The highest BCUT2D eigenvalue weighted by atomic mass is 16.5. The fourth-order valence-corrected chi connectivity index (χ4v) is 4.26. The van der Waals surface area contributed by atoms with Crippen LogP contribution >= 0.6 is 0 Å². The fraction of sp³-hybridized carbons (Fsp3) is 0.417. The minimum Gasteiger partial charge on any atom is -0.492 e. The molecule has 3 aromatic rings. The molecule has 1 aliphatic rings. The second kappa shape index (κ2) is 8.88. The second-order valence-electron chi connectivity index (χ2n) is 8.07. The van der Waals surface area contributed by atoms with E-state index >= 15 is 0 Å². The zero-order valence-corrected chi connectivity index (χ0v) is 18.0. The van der Waals surface area contributed by atoms with Crippen molar-refractivity contribution in [1.82, 2.24) is 14.5 Å². The van der Waals surface area contributed by atoms with E-state index in [1.165, 1.54) is 0 Å². The zero-order chi connectivity index (χ0) is 21.1. The number of hydrogen-bond acceptors (Lipinski definition) is 4. The molecule has 1 amide bonds. The van der Waals surface area contributed by atoms with Gasteiger partial charge in [0, 0.05) is 25.4 Å². The number of amides is 1. The molecule has 0 aliphatic carbocycles. The Bertz CT molecular complexity index is 1030. The topological polar surface area (TPSA) is 50.6 Å². The molecule has 6 nitrogen and oxygen atoms in total.